The number of nitrogens with two attached hydrogens (primary N) is 1. The molecular formula is C11H14ClNO2. The van der Waals surface area contributed by atoms with E-state index in [4.69, 9.17) is 22.1 Å². The molecule has 2 N–H and O–H groups in total. The van der Waals surface area contributed by atoms with Crippen LogP contribution in [0.15, 0.2) is 24.3 Å². The van der Waals surface area contributed by atoms with Gasteiger partial charge in [-0.3, -0.25) is 0 Å². The summed E-state index contributed by atoms with van der Waals surface area (Å²) in [6.07, 6.45) is 0.779. The van der Waals surface area contributed by atoms with E-state index in [1.165, 1.54) is 0 Å². The highest BCUT2D eigenvalue weighted by Crippen LogP contribution is 2.21. The third-order valence-corrected chi connectivity index (χ3v) is 2.29. The Balaban J connectivity index is 2.72. The predicted molar refractivity (Wildman–Crippen MR) is 59.6 cm³/mol. The number of rotatable bonds is 4. The molecule has 0 amide bonds. The van der Waals surface area contributed by atoms with Crippen molar-refractivity contribution in [3.8, 4) is 0 Å². The van der Waals surface area contributed by atoms with Gasteiger partial charge in [-0.1, -0.05) is 36.7 Å². The summed E-state index contributed by atoms with van der Waals surface area (Å²) in [5, 5.41) is 0.485. The summed E-state index contributed by atoms with van der Waals surface area (Å²) in [6.45, 7) is 2.31. The van der Waals surface area contributed by atoms with Crippen LogP contribution in [0.2, 0.25) is 5.02 Å². The molecule has 0 aliphatic heterocycles. The van der Waals surface area contributed by atoms with Crippen molar-refractivity contribution in [2.45, 2.75) is 19.4 Å². The van der Waals surface area contributed by atoms with Crippen LogP contribution in [0, 0.1) is 0 Å². The van der Waals surface area contributed by atoms with Gasteiger partial charge in [-0.05, 0) is 18.1 Å². The largest absolute Gasteiger partial charge is 0.464 e. The van der Waals surface area contributed by atoms with Gasteiger partial charge in [0.25, 0.3) is 0 Å². The lowest BCUT2D eigenvalue weighted by Crippen LogP contribution is -2.24. The number of hydrogen-bond acceptors (Lipinski definition) is 3. The molecule has 1 unspecified atom stereocenters. The minimum Gasteiger partial charge on any atom is -0.464 e. The maximum atomic E-state index is 11.4. The molecule has 0 aliphatic rings. The van der Waals surface area contributed by atoms with E-state index in [0.29, 0.717) is 17.2 Å². The zero-order valence-corrected chi connectivity index (χ0v) is 9.33. The second-order valence-corrected chi connectivity index (χ2v) is 3.57. The van der Waals surface area contributed by atoms with Crippen LogP contribution in [0.25, 0.3) is 0 Å². The van der Waals surface area contributed by atoms with Gasteiger partial charge >= 0.3 is 5.97 Å². The normalized spacial score (nSPS) is 12.2. The van der Waals surface area contributed by atoms with Gasteiger partial charge in [0.1, 0.15) is 6.04 Å². The second-order valence-electron chi connectivity index (χ2n) is 3.17. The van der Waals surface area contributed by atoms with E-state index in [2.05, 4.69) is 0 Å². The number of benzene rings is 1. The van der Waals surface area contributed by atoms with Crippen LogP contribution in [0.1, 0.15) is 24.9 Å². The first kappa shape index (κ1) is 12.0. The fraction of sp³-hybridized carbons (Fsp3) is 0.364. The van der Waals surface area contributed by atoms with Gasteiger partial charge in [0.05, 0.1) is 6.61 Å². The Hall–Kier alpha value is -1.06. The zero-order chi connectivity index (χ0) is 11.3. The molecule has 0 heterocycles. The number of carbonyl (C=O) groups excluding carboxylic acids is 1. The lowest BCUT2D eigenvalue weighted by molar-refractivity contribution is -0.145. The predicted octanol–water partition coefficient (Wildman–Crippen LogP) is 2.29. The minimum absolute atomic E-state index is 0.386. The first-order valence-corrected chi connectivity index (χ1v) is 5.21. The number of halogens is 1. The molecule has 1 aromatic carbocycles. The third kappa shape index (κ3) is 3.22. The summed E-state index contributed by atoms with van der Waals surface area (Å²) in [6, 6.07) is 6.19. The quantitative estimate of drug-likeness (QED) is 0.803. The van der Waals surface area contributed by atoms with E-state index in [0.717, 1.165) is 6.42 Å². The van der Waals surface area contributed by atoms with Crippen molar-refractivity contribution in [2.24, 2.45) is 5.73 Å². The summed E-state index contributed by atoms with van der Waals surface area (Å²) >= 11 is 5.91. The molecule has 0 saturated heterocycles. The molecule has 15 heavy (non-hydrogen) atoms. The van der Waals surface area contributed by atoms with Gasteiger partial charge in [-0.2, -0.15) is 0 Å². The van der Waals surface area contributed by atoms with Crippen molar-refractivity contribution in [2.75, 3.05) is 6.61 Å². The van der Waals surface area contributed by atoms with E-state index in [1.54, 1.807) is 24.3 Å². The lowest BCUT2D eigenvalue weighted by atomic mass is 10.1. The summed E-state index contributed by atoms with van der Waals surface area (Å²) in [4.78, 5) is 11.4. The van der Waals surface area contributed by atoms with Gasteiger partial charge in [-0.25, -0.2) is 4.79 Å². The highest BCUT2D eigenvalue weighted by atomic mass is 35.5. The van der Waals surface area contributed by atoms with E-state index in [1.807, 2.05) is 6.92 Å². The molecule has 0 spiro atoms. The topological polar surface area (TPSA) is 52.3 Å². The third-order valence-electron chi connectivity index (χ3n) is 1.94. The Bertz CT molecular complexity index is 341. The Morgan fingerprint density at radius 2 is 2.20 bits per heavy atom. The van der Waals surface area contributed by atoms with E-state index >= 15 is 0 Å². The molecule has 0 aliphatic carbocycles. The second kappa shape index (κ2) is 5.73. The first-order valence-electron chi connectivity index (χ1n) is 4.83. The lowest BCUT2D eigenvalue weighted by Gasteiger charge is -2.12. The first-order chi connectivity index (χ1) is 7.16. The maximum absolute atomic E-state index is 11.4. The van der Waals surface area contributed by atoms with Crippen molar-refractivity contribution in [3.63, 3.8) is 0 Å². The van der Waals surface area contributed by atoms with Crippen LogP contribution in [0.5, 0.6) is 0 Å². The molecule has 82 valence electrons. The van der Waals surface area contributed by atoms with Gasteiger partial charge in [0.2, 0.25) is 0 Å². The molecule has 0 fully saturated rings. The van der Waals surface area contributed by atoms with E-state index in [9.17, 15) is 4.79 Å². The average Bonchev–Trinajstić information content (AvgIpc) is 2.25. The molecule has 4 heteroatoms. The van der Waals surface area contributed by atoms with Crippen LogP contribution >= 0.6 is 11.6 Å². The molecule has 0 aromatic heterocycles. The molecule has 1 atom stereocenters. The van der Waals surface area contributed by atoms with Crippen LogP contribution in [0.4, 0.5) is 0 Å². The molecule has 0 radical (unpaired) electrons. The zero-order valence-electron chi connectivity index (χ0n) is 8.57. The molecule has 3 nitrogen and oxygen atoms in total. The number of hydrogen-bond donors (Lipinski definition) is 1. The SMILES string of the molecule is CCCOC(=O)C(N)c1ccccc1Cl. The number of carbonyl (C=O) groups is 1. The van der Waals surface area contributed by atoms with Crippen molar-refractivity contribution in [1.82, 2.24) is 0 Å². The molecule has 0 saturated carbocycles. The van der Waals surface area contributed by atoms with Gasteiger partial charge in [0.15, 0.2) is 0 Å². The molecule has 1 aromatic rings. The Labute approximate surface area is 94.2 Å². The minimum atomic E-state index is -0.801. The van der Waals surface area contributed by atoms with E-state index in [-0.39, 0.29) is 0 Å². The van der Waals surface area contributed by atoms with Gasteiger partial charge in [-0.15, -0.1) is 0 Å². The van der Waals surface area contributed by atoms with Crippen molar-refractivity contribution in [3.05, 3.63) is 34.9 Å². The van der Waals surface area contributed by atoms with Crippen LogP contribution in [0.3, 0.4) is 0 Å². The number of ether oxygens (including phenoxy) is 1. The van der Waals surface area contributed by atoms with Crippen molar-refractivity contribution >= 4 is 17.6 Å². The smallest absolute Gasteiger partial charge is 0.327 e. The van der Waals surface area contributed by atoms with Crippen LogP contribution < -0.4 is 5.73 Å². The van der Waals surface area contributed by atoms with Crippen LogP contribution in [-0.4, -0.2) is 12.6 Å². The average molecular weight is 228 g/mol. The summed E-state index contributed by atoms with van der Waals surface area (Å²) in [5.41, 5.74) is 6.32. The fourth-order valence-electron chi connectivity index (χ4n) is 1.15. The van der Waals surface area contributed by atoms with Crippen molar-refractivity contribution in [1.29, 1.82) is 0 Å². The Morgan fingerprint density at radius 1 is 1.53 bits per heavy atom. The molecular weight excluding hydrogens is 214 g/mol. The molecule has 0 bridgehead atoms. The standard InChI is InChI=1S/C11H14ClNO2/c1-2-7-15-11(14)10(13)8-5-3-4-6-9(8)12/h3-6,10H,2,7,13H2,1H3. The van der Waals surface area contributed by atoms with Crippen molar-refractivity contribution < 1.29 is 9.53 Å². The molecule has 1 rings (SSSR count). The van der Waals surface area contributed by atoms with Crippen LogP contribution in [-0.2, 0) is 9.53 Å². The fourth-order valence-corrected chi connectivity index (χ4v) is 1.40. The highest BCUT2D eigenvalue weighted by Gasteiger charge is 2.19. The Morgan fingerprint density at radius 3 is 2.80 bits per heavy atom. The highest BCUT2D eigenvalue weighted by molar-refractivity contribution is 6.31. The summed E-state index contributed by atoms with van der Waals surface area (Å²) < 4.78 is 4.94. The summed E-state index contributed by atoms with van der Waals surface area (Å²) in [5.74, 6) is -0.440. The van der Waals surface area contributed by atoms with Gasteiger partial charge in [0, 0.05) is 5.02 Å². The summed E-state index contributed by atoms with van der Waals surface area (Å²) in [7, 11) is 0. The number of esters is 1. The monoisotopic (exact) mass is 227 g/mol. The Kier molecular flexibility index (Phi) is 4.59. The van der Waals surface area contributed by atoms with Gasteiger partial charge < -0.3 is 10.5 Å². The van der Waals surface area contributed by atoms with E-state index < -0.39 is 12.0 Å². The maximum Gasteiger partial charge on any atom is 0.327 e.